The third-order valence-electron chi connectivity index (χ3n) is 2.36. The molecule has 100 valence electrons. The van der Waals surface area contributed by atoms with Gasteiger partial charge in [0.15, 0.2) is 0 Å². The minimum absolute atomic E-state index is 0.0748. The van der Waals surface area contributed by atoms with Gasteiger partial charge in [0.2, 0.25) is 5.95 Å². The van der Waals surface area contributed by atoms with Crippen LogP contribution in [0.2, 0.25) is 0 Å². The van der Waals surface area contributed by atoms with Gasteiger partial charge in [-0.1, -0.05) is 0 Å². The zero-order chi connectivity index (χ0) is 14.0. The molecule has 0 aromatic carbocycles. The van der Waals surface area contributed by atoms with Crippen molar-refractivity contribution in [3.63, 3.8) is 0 Å². The molecule has 9 heteroatoms. The summed E-state index contributed by atoms with van der Waals surface area (Å²) in [6, 6.07) is 1.35. The SMILES string of the molecule is CN1CC(=O)OB(c2cc(Br)cnc2F)OC(=O)C1. The van der Waals surface area contributed by atoms with Gasteiger partial charge in [0.1, 0.15) is 0 Å². The van der Waals surface area contributed by atoms with Crippen molar-refractivity contribution in [2.75, 3.05) is 20.1 Å². The normalized spacial score (nSPS) is 17.5. The molecule has 0 bridgehead atoms. The molecule has 0 spiro atoms. The molecule has 0 atom stereocenters. The molecule has 1 aliphatic heterocycles. The highest BCUT2D eigenvalue weighted by atomic mass is 79.9. The van der Waals surface area contributed by atoms with E-state index in [4.69, 9.17) is 9.31 Å². The monoisotopic (exact) mass is 330 g/mol. The van der Waals surface area contributed by atoms with Crippen LogP contribution < -0.4 is 5.46 Å². The quantitative estimate of drug-likeness (QED) is 0.520. The second-order valence-electron chi connectivity index (χ2n) is 4.02. The number of halogens is 2. The number of likely N-dealkylation sites (N-methyl/N-ethyl adjacent to an activating group) is 1. The molecule has 2 heterocycles. The lowest BCUT2D eigenvalue weighted by molar-refractivity contribution is -0.145. The first-order chi connectivity index (χ1) is 8.95. The van der Waals surface area contributed by atoms with Gasteiger partial charge in [-0.15, -0.1) is 0 Å². The van der Waals surface area contributed by atoms with Gasteiger partial charge >= 0.3 is 19.1 Å². The van der Waals surface area contributed by atoms with Crippen LogP contribution in [0.25, 0.3) is 0 Å². The third kappa shape index (κ3) is 3.51. The maximum absolute atomic E-state index is 13.6. The first-order valence-electron chi connectivity index (χ1n) is 5.34. The second-order valence-corrected chi connectivity index (χ2v) is 4.93. The minimum Gasteiger partial charge on any atom is -0.494 e. The van der Waals surface area contributed by atoms with Gasteiger partial charge < -0.3 is 9.31 Å². The Hall–Kier alpha value is -1.48. The molecule has 0 radical (unpaired) electrons. The third-order valence-corrected chi connectivity index (χ3v) is 2.80. The maximum atomic E-state index is 13.6. The van der Waals surface area contributed by atoms with Crippen molar-refractivity contribution in [1.82, 2.24) is 9.88 Å². The first kappa shape index (κ1) is 13.9. The highest BCUT2D eigenvalue weighted by Gasteiger charge is 2.36. The van der Waals surface area contributed by atoms with Crippen molar-refractivity contribution in [3.05, 3.63) is 22.7 Å². The Labute approximate surface area is 117 Å². The van der Waals surface area contributed by atoms with Crippen LogP contribution in [0.3, 0.4) is 0 Å². The molecular formula is C10H9BBrFN2O4. The molecule has 1 saturated heterocycles. The van der Waals surface area contributed by atoms with Crippen LogP contribution in [0.1, 0.15) is 0 Å². The number of rotatable bonds is 1. The summed E-state index contributed by atoms with van der Waals surface area (Å²) in [5.41, 5.74) is -0.111. The van der Waals surface area contributed by atoms with E-state index in [0.29, 0.717) is 4.47 Å². The molecule has 1 aliphatic rings. The fourth-order valence-electron chi connectivity index (χ4n) is 1.56. The minimum atomic E-state index is -1.42. The van der Waals surface area contributed by atoms with Gasteiger partial charge in [0.05, 0.1) is 18.6 Å². The van der Waals surface area contributed by atoms with E-state index in [-0.39, 0.29) is 18.6 Å². The van der Waals surface area contributed by atoms with Crippen molar-refractivity contribution in [3.8, 4) is 0 Å². The summed E-state index contributed by atoms with van der Waals surface area (Å²) in [6.07, 6.45) is 1.25. The van der Waals surface area contributed by atoms with Gasteiger partial charge in [-0.2, -0.15) is 4.39 Å². The van der Waals surface area contributed by atoms with Crippen LogP contribution in [0.4, 0.5) is 4.39 Å². The predicted molar refractivity (Wildman–Crippen MR) is 67.0 cm³/mol. The summed E-state index contributed by atoms with van der Waals surface area (Å²) in [7, 11) is 0.156. The lowest BCUT2D eigenvalue weighted by atomic mass is 9.79. The Morgan fingerprint density at radius 1 is 1.37 bits per heavy atom. The highest BCUT2D eigenvalue weighted by molar-refractivity contribution is 9.10. The second kappa shape index (κ2) is 5.66. The number of hydrogen-bond donors (Lipinski definition) is 0. The van der Waals surface area contributed by atoms with Crippen molar-refractivity contribution in [2.45, 2.75) is 0 Å². The van der Waals surface area contributed by atoms with E-state index in [1.807, 2.05) is 0 Å². The number of carbonyl (C=O) groups excluding carboxylic acids is 2. The van der Waals surface area contributed by atoms with Crippen LogP contribution in [0, 0.1) is 5.95 Å². The number of hydrogen-bond acceptors (Lipinski definition) is 6. The molecule has 0 unspecified atom stereocenters. The van der Waals surface area contributed by atoms with Gasteiger partial charge in [-0.3, -0.25) is 14.5 Å². The summed E-state index contributed by atoms with van der Waals surface area (Å²) < 4.78 is 23.9. The van der Waals surface area contributed by atoms with Crippen LogP contribution >= 0.6 is 15.9 Å². The smallest absolute Gasteiger partial charge is 0.494 e. The topological polar surface area (TPSA) is 68.7 Å². The van der Waals surface area contributed by atoms with Crippen LogP contribution in [0.15, 0.2) is 16.7 Å². The average Bonchev–Trinajstić information content (AvgIpc) is 2.29. The largest absolute Gasteiger partial charge is 0.641 e. The zero-order valence-corrected chi connectivity index (χ0v) is 11.5. The van der Waals surface area contributed by atoms with E-state index >= 15 is 0 Å². The molecule has 0 saturated carbocycles. The lowest BCUT2D eigenvalue weighted by Crippen LogP contribution is -2.49. The Balaban J connectivity index is 2.28. The summed E-state index contributed by atoms with van der Waals surface area (Å²) in [5, 5.41) is 0. The van der Waals surface area contributed by atoms with Gasteiger partial charge in [-0.05, 0) is 29.0 Å². The number of nitrogens with zero attached hydrogens (tertiary/aromatic N) is 2. The van der Waals surface area contributed by atoms with Crippen LogP contribution in [0.5, 0.6) is 0 Å². The van der Waals surface area contributed by atoms with E-state index in [2.05, 4.69) is 20.9 Å². The van der Waals surface area contributed by atoms with Crippen molar-refractivity contribution in [2.24, 2.45) is 0 Å². The molecule has 1 aromatic rings. The molecule has 0 aliphatic carbocycles. The molecule has 0 amide bonds. The van der Waals surface area contributed by atoms with E-state index in [9.17, 15) is 14.0 Å². The molecule has 1 fully saturated rings. The van der Waals surface area contributed by atoms with E-state index in [1.165, 1.54) is 17.2 Å². The average molecular weight is 331 g/mol. The Bertz CT molecular complexity index is 510. The Kier molecular flexibility index (Phi) is 4.15. The summed E-state index contributed by atoms with van der Waals surface area (Å²) >= 11 is 3.12. The standard InChI is InChI=1S/C10H9BBrFN2O4/c1-15-4-8(16)18-11(19-9(17)5-15)7-2-6(12)3-14-10(7)13/h2-3H,4-5H2,1H3. The summed E-state index contributed by atoms with van der Waals surface area (Å²) in [4.78, 5) is 28.0. The predicted octanol–water partition coefficient (Wildman–Crippen LogP) is -0.290. The van der Waals surface area contributed by atoms with Crippen LogP contribution in [-0.4, -0.2) is 49.1 Å². The van der Waals surface area contributed by atoms with Gasteiger partial charge in [0, 0.05) is 10.7 Å². The van der Waals surface area contributed by atoms with Crippen molar-refractivity contribution in [1.29, 1.82) is 0 Å². The fourth-order valence-corrected chi connectivity index (χ4v) is 1.91. The number of aromatic nitrogens is 1. The highest BCUT2D eigenvalue weighted by Crippen LogP contribution is 2.08. The molecule has 0 N–H and O–H groups in total. The Morgan fingerprint density at radius 2 is 1.95 bits per heavy atom. The molecule has 6 nitrogen and oxygen atoms in total. The van der Waals surface area contributed by atoms with E-state index in [1.54, 1.807) is 7.05 Å². The zero-order valence-electron chi connectivity index (χ0n) is 9.93. The fraction of sp³-hybridized carbons (Fsp3) is 0.300. The summed E-state index contributed by atoms with van der Waals surface area (Å²) in [6.45, 7) is -0.150. The van der Waals surface area contributed by atoms with E-state index < -0.39 is 25.0 Å². The summed E-state index contributed by atoms with van der Waals surface area (Å²) in [5.74, 6) is -2.08. The van der Waals surface area contributed by atoms with Gasteiger partial charge in [0.25, 0.3) is 0 Å². The lowest BCUT2D eigenvalue weighted by Gasteiger charge is -2.22. The van der Waals surface area contributed by atoms with Crippen molar-refractivity contribution < 1.29 is 23.3 Å². The number of pyridine rings is 1. The molecule has 19 heavy (non-hydrogen) atoms. The van der Waals surface area contributed by atoms with Gasteiger partial charge in [-0.25, -0.2) is 4.98 Å². The Morgan fingerprint density at radius 3 is 2.53 bits per heavy atom. The number of carbonyl (C=O) groups is 2. The van der Waals surface area contributed by atoms with Crippen LogP contribution in [-0.2, 0) is 18.9 Å². The first-order valence-corrected chi connectivity index (χ1v) is 6.13. The molecule has 1 aromatic heterocycles. The van der Waals surface area contributed by atoms with Crippen molar-refractivity contribution >= 4 is 40.4 Å². The maximum Gasteiger partial charge on any atom is 0.641 e. The molecule has 2 rings (SSSR count). The van der Waals surface area contributed by atoms with E-state index in [0.717, 1.165) is 0 Å². The molecular weight excluding hydrogens is 322 g/mol.